The van der Waals surface area contributed by atoms with E-state index in [9.17, 15) is 4.79 Å². The second kappa shape index (κ2) is 4.49. The zero-order chi connectivity index (χ0) is 10.7. The molecule has 0 spiro atoms. The van der Waals surface area contributed by atoms with Crippen molar-refractivity contribution in [2.24, 2.45) is 0 Å². The smallest absolute Gasteiger partial charge is 0.168 e. The first-order valence-corrected chi connectivity index (χ1v) is 5.19. The minimum absolute atomic E-state index is 0.228. The van der Waals surface area contributed by atoms with Gasteiger partial charge in [0.2, 0.25) is 0 Å². The van der Waals surface area contributed by atoms with Crippen molar-refractivity contribution >= 4 is 6.29 Å². The molecular formula is C11H14N2O2. The summed E-state index contributed by atoms with van der Waals surface area (Å²) >= 11 is 0. The SMILES string of the molecule is Cc1cc(C=O)nc(CC2CCCO2)n1. The lowest BCUT2D eigenvalue weighted by molar-refractivity contribution is 0.108. The quantitative estimate of drug-likeness (QED) is 0.700. The van der Waals surface area contributed by atoms with Crippen LogP contribution in [0.4, 0.5) is 0 Å². The Labute approximate surface area is 88.7 Å². The van der Waals surface area contributed by atoms with Gasteiger partial charge >= 0.3 is 0 Å². The summed E-state index contributed by atoms with van der Waals surface area (Å²) in [5, 5.41) is 0. The molecule has 0 radical (unpaired) electrons. The van der Waals surface area contributed by atoms with Crippen molar-refractivity contribution in [2.75, 3.05) is 6.61 Å². The van der Waals surface area contributed by atoms with Crippen LogP contribution >= 0.6 is 0 Å². The molecule has 0 bridgehead atoms. The second-order valence-electron chi connectivity index (χ2n) is 3.81. The molecule has 0 aromatic carbocycles. The third kappa shape index (κ3) is 2.59. The lowest BCUT2D eigenvalue weighted by Crippen LogP contribution is -2.12. The normalized spacial score (nSPS) is 20.5. The molecule has 1 unspecified atom stereocenters. The summed E-state index contributed by atoms with van der Waals surface area (Å²) < 4.78 is 5.50. The minimum atomic E-state index is 0.228. The summed E-state index contributed by atoms with van der Waals surface area (Å²) in [7, 11) is 0. The van der Waals surface area contributed by atoms with Crippen LogP contribution in [0.1, 0.15) is 34.8 Å². The van der Waals surface area contributed by atoms with Crippen LogP contribution in [-0.2, 0) is 11.2 Å². The Hall–Kier alpha value is -1.29. The molecule has 2 heterocycles. The van der Waals surface area contributed by atoms with Gasteiger partial charge in [-0.2, -0.15) is 0 Å². The van der Waals surface area contributed by atoms with Crippen LogP contribution in [-0.4, -0.2) is 29.0 Å². The van der Waals surface area contributed by atoms with Crippen LogP contribution < -0.4 is 0 Å². The lowest BCUT2D eigenvalue weighted by atomic mass is 10.1. The second-order valence-corrected chi connectivity index (χ2v) is 3.81. The topological polar surface area (TPSA) is 52.1 Å². The molecule has 0 amide bonds. The predicted octanol–water partition coefficient (Wildman–Crippen LogP) is 1.32. The molecular weight excluding hydrogens is 192 g/mol. The fourth-order valence-electron chi connectivity index (χ4n) is 1.82. The fraction of sp³-hybridized carbons (Fsp3) is 0.545. The number of aldehydes is 1. The van der Waals surface area contributed by atoms with E-state index in [4.69, 9.17) is 4.74 Å². The molecule has 1 atom stereocenters. The van der Waals surface area contributed by atoms with Crippen molar-refractivity contribution in [3.05, 3.63) is 23.3 Å². The van der Waals surface area contributed by atoms with Gasteiger partial charge in [-0.1, -0.05) is 0 Å². The van der Waals surface area contributed by atoms with E-state index in [2.05, 4.69) is 9.97 Å². The number of ether oxygens (including phenoxy) is 1. The average molecular weight is 206 g/mol. The summed E-state index contributed by atoms with van der Waals surface area (Å²) in [6.45, 7) is 2.70. The highest BCUT2D eigenvalue weighted by molar-refractivity contribution is 5.71. The number of hydrogen-bond donors (Lipinski definition) is 0. The van der Waals surface area contributed by atoms with Crippen molar-refractivity contribution < 1.29 is 9.53 Å². The first-order valence-electron chi connectivity index (χ1n) is 5.19. The molecule has 4 nitrogen and oxygen atoms in total. The Morgan fingerprint density at radius 1 is 1.60 bits per heavy atom. The number of rotatable bonds is 3. The fourth-order valence-corrected chi connectivity index (χ4v) is 1.82. The molecule has 1 saturated heterocycles. The van der Waals surface area contributed by atoms with E-state index in [1.807, 2.05) is 6.92 Å². The predicted molar refractivity (Wildman–Crippen MR) is 54.8 cm³/mol. The van der Waals surface area contributed by atoms with Gasteiger partial charge in [0, 0.05) is 18.7 Å². The highest BCUT2D eigenvalue weighted by Gasteiger charge is 2.17. The molecule has 0 N–H and O–H groups in total. The van der Waals surface area contributed by atoms with Crippen LogP contribution in [0.5, 0.6) is 0 Å². The first-order chi connectivity index (χ1) is 7.28. The Morgan fingerprint density at radius 2 is 2.47 bits per heavy atom. The van der Waals surface area contributed by atoms with E-state index in [-0.39, 0.29) is 6.10 Å². The Morgan fingerprint density at radius 3 is 3.13 bits per heavy atom. The summed E-state index contributed by atoms with van der Waals surface area (Å²) in [4.78, 5) is 19.1. The zero-order valence-electron chi connectivity index (χ0n) is 8.77. The molecule has 1 aromatic rings. The molecule has 1 fully saturated rings. The third-order valence-electron chi connectivity index (χ3n) is 2.48. The van der Waals surface area contributed by atoms with Crippen LogP contribution in [0, 0.1) is 6.92 Å². The van der Waals surface area contributed by atoms with Gasteiger partial charge in [-0.25, -0.2) is 9.97 Å². The van der Waals surface area contributed by atoms with Gasteiger partial charge in [0.1, 0.15) is 11.5 Å². The first kappa shape index (κ1) is 10.2. The van der Waals surface area contributed by atoms with Gasteiger partial charge < -0.3 is 4.74 Å². The van der Waals surface area contributed by atoms with Crippen molar-refractivity contribution in [3.8, 4) is 0 Å². The molecule has 1 aliphatic heterocycles. The van der Waals surface area contributed by atoms with E-state index < -0.39 is 0 Å². The number of hydrogen-bond acceptors (Lipinski definition) is 4. The van der Waals surface area contributed by atoms with Gasteiger partial charge in [-0.05, 0) is 25.8 Å². The summed E-state index contributed by atoms with van der Waals surface area (Å²) in [5.74, 6) is 0.712. The maximum absolute atomic E-state index is 10.6. The maximum atomic E-state index is 10.6. The van der Waals surface area contributed by atoms with Crippen LogP contribution in [0.2, 0.25) is 0 Å². The van der Waals surface area contributed by atoms with Gasteiger partial charge in [-0.15, -0.1) is 0 Å². The lowest BCUT2D eigenvalue weighted by Gasteiger charge is -2.08. The molecule has 1 aromatic heterocycles. The van der Waals surface area contributed by atoms with Gasteiger partial charge in [0.15, 0.2) is 6.29 Å². The van der Waals surface area contributed by atoms with E-state index in [1.54, 1.807) is 6.07 Å². The zero-order valence-corrected chi connectivity index (χ0v) is 8.77. The monoisotopic (exact) mass is 206 g/mol. The average Bonchev–Trinajstić information content (AvgIpc) is 2.69. The molecule has 2 rings (SSSR count). The molecule has 4 heteroatoms. The van der Waals surface area contributed by atoms with Crippen molar-refractivity contribution in [2.45, 2.75) is 32.3 Å². The summed E-state index contributed by atoms with van der Waals surface area (Å²) in [5.41, 5.74) is 1.29. The number of carbonyl (C=O) groups is 1. The number of aromatic nitrogens is 2. The molecule has 15 heavy (non-hydrogen) atoms. The van der Waals surface area contributed by atoms with Crippen molar-refractivity contribution in [1.29, 1.82) is 0 Å². The Bertz CT molecular complexity index is 360. The summed E-state index contributed by atoms with van der Waals surface area (Å²) in [6, 6.07) is 1.69. The van der Waals surface area contributed by atoms with E-state index in [0.717, 1.165) is 31.4 Å². The van der Waals surface area contributed by atoms with Gasteiger partial charge in [0.25, 0.3) is 0 Å². The number of nitrogens with zero attached hydrogens (tertiary/aromatic N) is 2. The Balaban J connectivity index is 2.12. The number of carbonyl (C=O) groups excluding carboxylic acids is 1. The molecule has 0 saturated carbocycles. The summed E-state index contributed by atoms with van der Waals surface area (Å²) in [6.07, 6.45) is 3.87. The van der Waals surface area contributed by atoms with Gasteiger partial charge in [-0.3, -0.25) is 4.79 Å². The molecule has 0 aliphatic carbocycles. The van der Waals surface area contributed by atoms with Crippen LogP contribution in [0.25, 0.3) is 0 Å². The molecule has 80 valence electrons. The highest BCUT2D eigenvalue weighted by atomic mass is 16.5. The van der Waals surface area contributed by atoms with E-state index >= 15 is 0 Å². The largest absolute Gasteiger partial charge is 0.378 e. The maximum Gasteiger partial charge on any atom is 0.168 e. The minimum Gasteiger partial charge on any atom is -0.378 e. The van der Waals surface area contributed by atoms with Crippen molar-refractivity contribution in [1.82, 2.24) is 9.97 Å². The van der Waals surface area contributed by atoms with Gasteiger partial charge in [0.05, 0.1) is 6.10 Å². The molecule has 1 aliphatic rings. The standard InChI is InChI=1S/C11H14N2O2/c1-8-5-9(7-14)13-11(12-8)6-10-3-2-4-15-10/h5,7,10H,2-4,6H2,1H3. The van der Waals surface area contributed by atoms with E-state index in [1.165, 1.54) is 0 Å². The number of aryl methyl sites for hydroxylation is 1. The third-order valence-corrected chi connectivity index (χ3v) is 2.48. The van der Waals surface area contributed by atoms with E-state index in [0.29, 0.717) is 17.9 Å². The van der Waals surface area contributed by atoms with Crippen LogP contribution in [0.3, 0.4) is 0 Å². The highest BCUT2D eigenvalue weighted by Crippen LogP contribution is 2.15. The van der Waals surface area contributed by atoms with Crippen LogP contribution in [0.15, 0.2) is 6.07 Å². The Kier molecular flexibility index (Phi) is 3.06. The van der Waals surface area contributed by atoms with Crippen molar-refractivity contribution in [3.63, 3.8) is 0 Å².